The minimum atomic E-state index is -0.296. The molecule has 1 N–H and O–H groups in total. The standard InChI is InChI=1S/C17H20BrNO2/c18-14-2-1-3-15(7-14)19-16(20)21-17-8-11-4-12(9-17)6-13(5-11)10-17/h1-3,7,11-13H,4-6,8-10H2,(H,19,20). The molecule has 4 saturated carbocycles. The van der Waals surface area contributed by atoms with Gasteiger partial charge in [-0.15, -0.1) is 0 Å². The second kappa shape index (κ2) is 5.01. The van der Waals surface area contributed by atoms with E-state index in [2.05, 4.69) is 21.2 Å². The zero-order chi connectivity index (χ0) is 14.4. The first-order valence-corrected chi connectivity index (χ1v) is 8.65. The minimum Gasteiger partial charge on any atom is -0.443 e. The number of carbonyl (C=O) groups is 1. The summed E-state index contributed by atoms with van der Waals surface area (Å²) in [6.45, 7) is 0. The summed E-state index contributed by atoms with van der Waals surface area (Å²) in [6, 6.07) is 7.62. The molecule has 5 rings (SSSR count). The number of benzene rings is 1. The monoisotopic (exact) mass is 349 g/mol. The third-order valence-electron chi connectivity index (χ3n) is 5.36. The van der Waals surface area contributed by atoms with Crippen LogP contribution in [0.2, 0.25) is 0 Å². The normalized spacial score (nSPS) is 36.5. The quantitative estimate of drug-likeness (QED) is 0.818. The van der Waals surface area contributed by atoms with Gasteiger partial charge in [-0.2, -0.15) is 0 Å². The van der Waals surface area contributed by atoms with Crippen molar-refractivity contribution in [1.82, 2.24) is 0 Å². The van der Waals surface area contributed by atoms with Crippen molar-refractivity contribution in [2.45, 2.75) is 44.1 Å². The lowest BCUT2D eigenvalue weighted by molar-refractivity contribution is -0.124. The molecule has 0 aliphatic heterocycles. The highest BCUT2D eigenvalue weighted by atomic mass is 79.9. The van der Waals surface area contributed by atoms with Crippen LogP contribution in [0.1, 0.15) is 38.5 Å². The molecular formula is C17H20BrNO2. The lowest BCUT2D eigenvalue weighted by Gasteiger charge is -2.55. The molecule has 4 bridgehead atoms. The van der Waals surface area contributed by atoms with E-state index in [0.29, 0.717) is 0 Å². The maximum Gasteiger partial charge on any atom is 0.412 e. The number of hydrogen-bond acceptors (Lipinski definition) is 2. The van der Waals surface area contributed by atoms with Crippen LogP contribution in [0.25, 0.3) is 0 Å². The number of carbonyl (C=O) groups excluding carboxylic acids is 1. The van der Waals surface area contributed by atoms with Crippen molar-refractivity contribution < 1.29 is 9.53 Å². The third kappa shape index (κ3) is 2.70. The van der Waals surface area contributed by atoms with Crippen molar-refractivity contribution in [2.75, 3.05) is 5.32 Å². The predicted molar refractivity (Wildman–Crippen MR) is 85.1 cm³/mol. The van der Waals surface area contributed by atoms with Gasteiger partial charge in [0.05, 0.1) is 0 Å². The lowest BCUT2D eigenvalue weighted by Crippen LogP contribution is -2.53. The Morgan fingerprint density at radius 3 is 2.33 bits per heavy atom. The molecule has 1 aromatic carbocycles. The maximum absolute atomic E-state index is 12.3. The molecule has 0 aromatic heterocycles. The number of nitrogens with one attached hydrogen (secondary N) is 1. The molecule has 0 radical (unpaired) electrons. The maximum atomic E-state index is 12.3. The van der Waals surface area contributed by atoms with Gasteiger partial charge >= 0.3 is 6.09 Å². The molecule has 3 nitrogen and oxygen atoms in total. The van der Waals surface area contributed by atoms with E-state index in [1.807, 2.05) is 24.3 Å². The van der Waals surface area contributed by atoms with Gasteiger partial charge in [-0.1, -0.05) is 22.0 Å². The Hall–Kier alpha value is -1.03. The molecule has 4 aliphatic carbocycles. The van der Waals surface area contributed by atoms with Gasteiger partial charge in [0.1, 0.15) is 5.60 Å². The van der Waals surface area contributed by atoms with Crippen molar-refractivity contribution >= 4 is 27.7 Å². The predicted octanol–water partition coefficient (Wildman–Crippen LogP) is 4.97. The second-order valence-corrected chi connectivity index (χ2v) is 8.04. The first-order chi connectivity index (χ1) is 10.1. The first-order valence-electron chi connectivity index (χ1n) is 7.86. The minimum absolute atomic E-state index is 0.176. The summed E-state index contributed by atoms with van der Waals surface area (Å²) in [5.74, 6) is 2.36. The van der Waals surface area contributed by atoms with E-state index in [9.17, 15) is 4.79 Å². The summed E-state index contributed by atoms with van der Waals surface area (Å²) in [6.07, 6.45) is 7.00. The summed E-state index contributed by atoms with van der Waals surface area (Å²) in [4.78, 5) is 12.3. The molecule has 1 aromatic rings. The number of amides is 1. The summed E-state index contributed by atoms with van der Waals surface area (Å²) in [7, 11) is 0. The van der Waals surface area contributed by atoms with Gasteiger partial charge in [-0.3, -0.25) is 5.32 Å². The van der Waals surface area contributed by atoms with Gasteiger partial charge < -0.3 is 4.74 Å². The van der Waals surface area contributed by atoms with Gasteiger partial charge in [0.2, 0.25) is 0 Å². The van der Waals surface area contributed by atoms with E-state index < -0.39 is 0 Å². The van der Waals surface area contributed by atoms with Crippen LogP contribution in [0, 0.1) is 17.8 Å². The van der Waals surface area contributed by atoms with E-state index in [4.69, 9.17) is 4.74 Å². The number of hydrogen-bond donors (Lipinski definition) is 1. The molecule has 0 atom stereocenters. The Balaban J connectivity index is 1.45. The van der Waals surface area contributed by atoms with Crippen molar-refractivity contribution in [2.24, 2.45) is 17.8 Å². The SMILES string of the molecule is O=C(Nc1cccc(Br)c1)OC12CC3CC(CC(C3)C1)C2. The fourth-order valence-corrected chi connectivity index (χ4v) is 5.46. The molecule has 0 heterocycles. The number of anilines is 1. The highest BCUT2D eigenvalue weighted by Gasteiger charge is 2.53. The van der Waals surface area contributed by atoms with Crippen LogP contribution < -0.4 is 5.32 Å². The topological polar surface area (TPSA) is 38.3 Å². The largest absolute Gasteiger partial charge is 0.443 e. The molecule has 21 heavy (non-hydrogen) atoms. The van der Waals surface area contributed by atoms with E-state index in [1.165, 1.54) is 19.3 Å². The van der Waals surface area contributed by atoms with Crippen molar-refractivity contribution in [3.05, 3.63) is 28.7 Å². The summed E-state index contributed by atoms with van der Waals surface area (Å²) < 4.78 is 6.88. The fourth-order valence-electron chi connectivity index (χ4n) is 5.06. The van der Waals surface area contributed by atoms with Crippen molar-refractivity contribution in [1.29, 1.82) is 0 Å². The number of halogens is 1. The van der Waals surface area contributed by atoms with Crippen LogP contribution in [0.3, 0.4) is 0 Å². The average molecular weight is 350 g/mol. The smallest absolute Gasteiger partial charge is 0.412 e. The Bertz CT molecular complexity index is 536. The van der Waals surface area contributed by atoms with Gasteiger partial charge in [-0.05, 0) is 74.5 Å². The Kier molecular flexibility index (Phi) is 3.25. The summed E-state index contributed by atoms with van der Waals surface area (Å²) in [5.41, 5.74) is 0.601. The van der Waals surface area contributed by atoms with Crippen LogP contribution >= 0.6 is 15.9 Å². The Morgan fingerprint density at radius 1 is 1.14 bits per heavy atom. The van der Waals surface area contributed by atoms with Crippen LogP contribution in [-0.4, -0.2) is 11.7 Å². The van der Waals surface area contributed by atoms with E-state index in [0.717, 1.165) is 47.2 Å². The van der Waals surface area contributed by atoms with Gasteiger partial charge in [-0.25, -0.2) is 4.79 Å². The highest BCUT2D eigenvalue weighted by Crippen LogP contribution is 2.57. The molecule has 0 saturated heterocycles. The summed E-state index contributed by atoms with van der Waals surface area (Å²) in [5, 5.41) is 2.87. The van der Waals surface area contributed by atoms with Crippen molar-refractivity contribution in [3.63, 3.8) is 0 Å². The van der Waals surface area contributed by atoms with Crippen LogP contribution in [0.4, 0.5) is 10.5 Å². The number of ether oxygens (including phenoxy) is 1. The van der Waals surface area contributed by atoms with Crippen molar-refractivity contribution in [3.8, 4) is 0 Å². The van der Waals surface area contributed by atoms with Crippen LogP contribution in [-0.2, 0) is 4.74 Å². The molecule has 0 spiro atoms. The molecule has 4 heteroatoms. The lowest BCUT2D eigenvalue weighted by atomic mass is 9.54. The Labute approximate surface area is 133 Å². The van der Waals surface area contributed by atoms with Gasteiger partial charge in [0.25, 0.3) is 0 Å². The molecule has 0 unspecified atom stereocenters. The Morgan fingerprint density at radius 2 is 1.76 bits per heavy atom. The molecule has 112 valence electrons. The van der Waals surface area contributed by atoms with Gasteiger partial charge in [0.15, 0.2) is 0 Å². The third-order valence-corrected chi connectivity index (χ3v) is 5.86. The van der Waals surface area contributed by atoms with E-state index in [-0.39, 0.29) is 11.7 Å². The zero-order valence-electron chi connectivity index (χ0n) is 12.0. The molecule has 1 amide bonds. The number of rotatable bonds is 2. The zero-order valence-corrected chi connectivity index (χ0v) is 13.6. The fraction of sp³-hybridized carbons (Fsp3) is 0.588. The van der Waals surface area contributed by atoms with Crippen LogP contribution in [0.5, 0.6) is 0 Å². The van der Waals surface area contributed by atoms with Gasteiger partial charge in [0, 0.05) is 10.2 Å². The average Bonchev–Trinajstić information content (AvgIpc) is 2.35. The molecular weight excluding hydrogens is 330 g/mol. The highest BCUT2D eigenvalue weighted by molar-refractivity contribution is 9.10. The second-order valence-electron chi connectivity index (χ2n) is 7.13. The first kappa shape index (κ1) is 13.6. The summed E-state index contributed by atoms with van der Waals surface area (Å²) >= 11 is 3.41. The van der Waals surface area contributed by atoms with E-state index in [1.54, 1.807) is 0 Å². The molecule has 4 aliphatic rings. The van der Waals surface area contributed by atoms with Crippen LogP contribution in [0.15, 0.2) is 28.7 Å². The molecule has 4 fully saturated rings. The van der Waals surface area contributed by atoms with E-state index >= 15 is 0 Å².